The normalized spacial score (nSPS) is 21.9. The van der Waals surface area contributed by atoms with Gasteiger partial charge in [0.05, 0.1) is 19.1 Å². The lowest BCUT2D eigenvalue weighted by Crippen LogP contribution is -2.48. The number of ether oxygens (including phenoxy) is 1. The van der Waals surface area contributed by atoms with E-state index in [0.717, 1.165) is 75.5 Å². The molecule has 3 heterocycles. The third-order valence-electron chi connectivity index (χ3n) is 6.34. The standard InChI is InChI=1S/C23H28N4O2/c28-23(26-12-14-29-15-13-26)18-8-5-11-27(16-18)22-19-9-4-10-20(19)24-21(25-22)17-6-2-1-3-7-17/h1-3,6-7,18H,4-5,8-16H2/t18-/m0/s1. The summed E-state index contributed by atoms with van der Waals surface area (Å²) in [6, 6.07) is 10.2. The summed E-state index contributed by atoms with van der Waals surface area (Å²) < 4.78 is 5.41. The number of fused-ring (bicyclic) bond motifs is 1. The van der Waals surface area contributed by atoms with Crippen molar-refractivity contribution in [2.45, 2.75) is 32.1 Å². The van der Waals surface area contributed by atoms with Gasteiger partial charge in [-0.3, -0.25) is 4.79 Å². The summed E-state index contributed by atoms with van der Waals surface area (Å²) in [6.45, 7) is 4.47. The molecular weight excluding hydrogens is 364 g/mol. The van der Waals surface area contributed by atoms with Gasteiger partial charge in [0.25, 0.3) is 0 Å². The van der Waals surface area contributed by atoms with Crippen LogP contribution in [0.15, 0.2) is 30.3 Å². The van der Waals surface area contributed by atoms with E-state index in [-0.39, 0.29) is 11.8 Å². The van der Waals surface area contributed by atoms with Crippen LogP contribution in [0.5, 0.6) is 0 Å². The lowest BCUT2D eigenvalue weighted by Gasteiger charge is -2.37. The third-order valence-corrected chi connectivity index (χ3v) is 6.34. The number of aromatic nitrogens is 2. The molecule has 2 fully saturated rings. The second kappa shape index (κ2) is 8.11. The average molecular weight is 393 g/mol. The quantitative estimate of drug-likeness (QED) is 0.804. The van der Waals surface area contributed by atoms with Gasteiger partial charge in [0, 0.05) is 43.0 Å². The number of anilines is 1. The van der Waals surface area contributed by atoms with Crippen molar-refractivity contribution < 1.29 is 9.53 Å². The Morgan fingerprint density at radius 3 is 2.66 bits per heavy atom. The smallest absolute Gasteiger partial charge is 0.227 e. The molecule has 5 rings (SSSR count). The number of benzene rings is 1. The molecule has 0 radical (unpaired) electrons. The molecule has 2 saturated heterocycles. The molecule has 1 aliphatic carbocycles. The summed E-state index contributed by atoms with van der Waals surface area (Å²) in [4.78, 5) is 27.3. The summed E-state index contributed by atoms with van der Waals surface area (Å²) in [7, 11) is 0. The second-order valence-electron chi connectivity index (χ2n) is 8.24. The lowest BCUT2D eigenvalue weighted by atomic mass is 9.96. The zero-order valence-corrected chi connectivity index (χ0v) is 16.8. The first-order valence-corrected chi connectivity index (χ1v) is 10.9. The summed E-state index contributed by atoms with van der Waals surface area (Å²) >= 11 is 0. The molecule has 3 aliphatic rings. The fraction of sp³-hybridized carbons (Fsp3) is 0.522. The van der Waals surface area contributed by atoms with E-state index in [9.17, 15) is 4.79 Å². The number of rotatable bonds is 3. The van der Waals surface area contributed by atoms with E-state index < -0.39 is 0 Å². The van der Waals surface area contributed by atoms with Gasteiger partial charge in [0.1, 0.15) is 5.82 Å². The fourth-order valence-corrected chi connectivity index (χ4v) is 4.80. The minimum Gasteiger partial charge on any atom is -0.378 e. The van der Waals surface area contributed by atoms with Crippen molar-refractivity contribution in [1.29, 1.82) is 0 Å². The first kappa shape index (κ1) is 18.6. The lowest BCUT2D eigenvalue weighted by molar-refractivity contribution is -0.139. The molecule has 0 N–H and O–H groups in total. The Morgan fingerprint density at radius 2 is 1.83 bits per heavy atom. The second-order valence-corrected chi connectivity index (χ2v) is 8.24. The van der Waals surface area contributed by atoms with Gasteiger partial charge in [-0.25, -0.2) is 9.97 Å². The maximum absolute atomic E-state index is 13.1. The van der Waals surface area contributed by atoms with Crippen LogP contribution in [0.4, 0.5) is 5.82 Å². The minimum absolute atomic E-state index is 0.0500. The summed E-state index contributed by atoms with van der Waals surface area (Å²) in [5.41, 5.74) is 3.54. The van der Waals surface area contributed by atoms with Crippen molar-refractivity contribution in [3.63, 3.8) is 0 Å². The van der Waals surface area contributed by atoms with Gasteiger partial charge in [-0.05, 0) is 32.1 Å². The Bertz CT molecular complexity index is 880. The molecular formula is C23H28N4O2. The molecule has 0 unspecified atom stereocenters. The topological polar surface area (TPSA) is 58.6 Å². The molecule has 6 nitrogen and oxygen atoms in total. The first-order valence-electron chi connectivity index (χ1n) is 10.9. The Labute approximate surface area is 171 Å². The number of aryl methyl sites for hydroxylation is 1. The molecule has 1 aromatic carbocycles. The van der Waals surface area contributed by atoms with Crippen molar-refractivity contribution in [3.05, 3.63) is 41.6 Å². The highest BCUT2D eigenvalue weighted by Crippen LogP contribution is 2.33. The van der Waals surface area contributed by atoms with Gasteiger partial charge in [-0.1, -0.05) is 30.3 Å². The molecule has 1 amide bonds. The van der Waals surface area contributed by atoms with Crippen LogP contribution in [0, 0.1) is 5.92 Å². The Kier molecular flexibility index (Phi) is 5.19. The van der Waals surface area contributed by atoms with Crippen LogP contribution in [-0.4, -0.2) is 60.2 Å². The number of morpholine rings is 1. The van der Waals surface area contributed by atoms with Gasteiger partial charge in [-0.2, -0.15) is 0 Å². The van der Waals surface area contributed by atoms with Crippen molar-refractivity contribution in [1.82, 2.24) is 14.9 Å². The van der Waals surface area contributed by atoms with Crippen LogP contribution >= 0.6 is 0 Å². The Hall–Kier alpha value is -2.47. The maximum atomic E-state index is 13.1. The molecule has 2 aliphatic heterocycles. The number of hydrogen-bond donors (Lipinski definition) is 0. The molecule has 1 aromatic heterocycles. The number of piperidine rings is 1. The van der Waals surface area contributed by atoms with E-state index in [1.54, 1.807) is 0 Å². The van der Waals surface area contributed by atoms with Crippen molar-refractivity contribution in [2.24, 2.45) is 5.92 Å². The highest BCUT2D eigenvalue weighted by molar-refractivity contribution is 5.80. The number of carbonyl (C=O) groups excluding carboxylic acids is 1. The van der Waals surface area contributed by atoms with Gasteiger partial charge < -0.3 is 14.5 Å². The fourth-order valence-electron chi connectivity index (χ4n) is 4.80. The largest absolute Gasteiger partial charge is 0.378 e. The molecule has 2 aromatic rings. The zero-order valence-electron chi connectivity index (χ0n) is 16.8. The van der Waals surface area contributed by atoms with E-state index in [4.69, 9.17) is 14.7 Å². The SMILES string of the molecule is O=C([C@H]1CCCN(c2nc(-c3ccccc3)nc3c2CCC3)C1)N1CCOCC1. The molecule has 0 spiro atoms. The van der Waals surface area contributed by atoms with E-state index in [1.165, 1.54) is 11.3 Å². The highest BCUT2D eigenvalue weighted by atomic mass is 16.5. The van der Waals surface area contributed by atoms with E-state index in [1.807, 2.05) is 23.1 Å². The predicted octanol–water partition coefficient (Wildman–Crippen LogP) is 2.71. The number of amides is 1. The van der Waals surface area contributed by atoms with E-state index in [2.05, 4.69) is 17.0 Å². The van der Waals surface area contributed by atoms with E-state index >= 15 is 0 Å². The highest BCUT2D eigenvalue weighted by Gasteiger charge is 2.32. The number of nitrogens with zero attached hydrogens (tertiary/aromatic N) is 4. The van der Waals surface area contributed by atoms with Gasteiger partial charge in [0.2, 0.25) is 5.91 Å². The number of hydrogen-bond acceptors (Lipinski definition) is 5. The zero-order chi connectivity index (χ0) is 19.6. The average Bonchev–Trinajstić information content (AvgIpc) is 3.28. The van der Waals surface area contributed by atoms with E-state index in [0.29, 0.717) is 13.2 Å². The summed E-state index contributed by atoms with van der Waals surface area (Å²) in [5.74, 6) is 2.20. The van der Waals surface area contributed by atoms with Crippen LogP contribution < -0.4 is 4.90 Å². The minimum atomic E-state index is 0.0500. The van der Waals surface area contributed by atoms with Crippen molar-refractivity contribution in [3.8, 4) is 11.4 Å². The predicted molar refractivity (Wildman–Crippen MR) is 112 cm³/mol. The molecule has 152 valence electrons. The number of carbonyl (C=O) groups is 1. The monoisotopic (exact) mass is 392 g/mol. The van der Waals surface area contributed by atoms with Gasteiger partial charge >= 0.3 is 0 Å². The molecule has 0 bridgehead atoms. The molecule has 1 atom stereocenters. The first-order chi connectivity index (χ1) is 14.3. The van der Waals surface area contributed by atoms with Gasteiger partial charge in [0.15, 0.2) is 5.82 Å². The van der Waals surface area contributed by atoms with Crippen LogP contribution in [0.3, 0.4) is 0 Å². The molecule has 0 saturated carbocycles. The molecule has 6 heteroatoms. The van der Waals surface area contributed by atoms with Crippen molar-refractivity contribution >= 4 is 11.7 Å². The van der Waals surface area contributed by atoms with Crippen molar-refractivity contribution in [2.75, 3.05) is 44.3 Å². The maximum Gasteiger partial charge on any atom is 0.227 e. The van der Waals surface area contributed by atoms with Crippen LogP contribution in [-0.2, 0) is 22.4 Å². The van der Waals surface area contributed by atoms with Crippen LogP contribution in [0.2, 0.25) is 0 Å². The van der Waals surface area contributed by atoms with Crippen LogP contribution in [0.1, 0.15) is 30.5 Å². The molecule has 29 heavy (non-hydrogen) atoms. The summed E-state index contributed by atoms with van der Waals surface area (Å²) in [6.07, 6.45) is 5.19. The van der Waals surface area contributed by atoms with Gasteiger partial charge in [-0.15, -0.1) is 0 Å². The summed E-state index contributed by atoms with van der Waals surface area (Å²) in [5, 5.41) is 0. The Balaban J connectivity index is 1.42. The third kappa shape index (κ3) is 3.73. The Morgan fingerprint density at radius 1 is 1.00 bits per heavy atom. The van der Waals surface area contributed by atoms with Crippen LogP contribution in [0.25, 0.3) is 11.4 Å².